The number of benzene rings is 3. The van der Waals surface area contributed by atoms with Crippen LogP contribution in [-0.4, -0.2) is 0 Å². The summed E-state index contributed by atoms with van der Waals surface area (Å²) in [7, 11) is 0. The summed E-state index contributed by atoms with van der Waals surface area (Å²) in [6, 6.07) is 25.6. The van der Waals surface area contributed by atoms with Gasteiger partial charge in [-0.05, 0) is 46.9 Å². The van der Waals surface area contributed by atoms with Gasteiger partial charge in [-0.3, -0.25) is 0 Å². The van der Waals surface area contributed by atoms with Crippen LogP contribution in [0.25, 0.3) is 11.1 Å². The Hall–Kier alpha value is -2.05. The van der Waals surface area contributed by atoms with Crippen molar-refractivity contribution < 1.29 is 0 Å². The van der Waals surface area contributed by atoms with Gasteiger partial charge in [-0.25, -0.2) is 0 Å². The van der Waals surface area contributed by atoms with Crippen molar-refractivity contribution in [2.75, 3.05) is 0 Å². The molecule has 21 heavy (non-hydrogen) atoms. The molecular weight excluding hydrogens is 276 g/mol. The third kappa shape index (κ3) is 1.69. The van der Waals surface area contributed by atoms with Crippen molar-refractivity contribution in [1.82, 2.24) is 0 Å². The number of fused-ring (bicyclic) bond motifs is 3. The van der Waals surface area contributed by atoms with Crippen LogP contribution in [0.4, 0.5) is 0 Å². The molecular formula is C20H15Cl. The third-order valence-corrected chi connectivity index (χ3v) is 4.86. The molecule has 0 saturated heterocycles. The number of hydrogen-bond donors (Lipinski definition) is 0. The van der Waals surface area contributed by atoms with Crippen molar-refractivity contribution in [2.24, 2.45) is 0 Å². The molecule has 4 rings (SSSR count). The molecule has 0 aromatic heterocycles. The number of halogens is 1. The highest BCUT2D eigenvalue weighted by atomic mass is 35.5. The molecule has 3 aromatic carbocycles. The monoisotopic (exact) mass is 290 g/mol. The molecule has 0 N–H and O–H groups in total. The predicted molar refractivity (Wildman–Crippen MR) is 88.9 cm³/mol. The molecule has 0 radical (unpaired) electrons. The molecule has 0 fully saturated rings. The first kappa shape index (κ1) is 12.7. The Morgan fingerprint density at radius 1 is 0.714 bits per heavy atom. The molecule has 1 aliphatic carbocycles. The maximum atomic E-state index is 6.24. The SMILES string of the molecule is CC1(c2cccc(Cl)c2)c2ccccc2-c2ccccc21. The van der Waals surface area contributed by atoms with E-state index in [1.54, 1.807) is 0 Å². The molecule has 0 atom stereocenters. The predicted octanol–water partition coefficient (Wildman–Crippen LogP) is 5.67. The molecule has 0 spiro atoms. The summed E-state index contributed by atoms with van der Waals surface area (Å²) in [5, 5.41) is 0.788. The van der Waals surface area contributed by atoms with Gasteiger partial charge in [0.2, 0.25) is 0 Å². The lowest BCUT2D eigenvalue weighted by atomic mass is 9.74. The van der Waals surface area contributed by atoms with E-state index in [1.165, 1.54) is 27.8 Å². The minimum absolute atomic E-state index is 0.141. The smallest absolute Gasteiger partial charge is 0.0436 e. The lowest BCUT2D eigenvalue weighted by molar-refractivity contribution is 0.714. The van der Waals surface area contributed by atoms with E-state index in [-0.39, 0.29) is 5.41 Å². The average Bonchev–Trinajstić information content (AvgIpc) is 2.79. The van der Waals surface area contributed by atoms with Crippen LogP contribution in [-0.2, 0) is 5.41 Å². The van der Waals surface area contributed by atoms with Crippen LogP contribution in [0.2, 0.25) is 5.02 Å². The van der Waals surface area contributed by atoms with Crippen LogP contribution < -0.4 is 0 Å². The Balaban J connectivity index is 2.09. The molecule has 0 unspecified atom stereocenters. The Morgan fingerprint density at radius 3 is 1.86 bits per heavy atom. The van der Waals surface area contributed by atoms with Gasteiger partial charge in [0.25, 0.3) is 0 Å². The normalized spacial score (nSPS) is 14.6. The fourth-order valence-electron chi connectivity index (χ4n) is 3.56. The van der Waals surface area contributed by atoms with Crippen LogP contribution >= 0.6 is 11.6 Å². The number of hydrogen-bond acceptors (Lipinski definition) is 0. The molecule has 0 saturated carbocycles. The standard InChI is InChI=1S/C20H15Cl/c1-20(14-7-6-8-15(21)13-14)18-11-4-2-9-16(18)17-10-3-5-12-19(17)20/h2-13H,1H3. The summed E-state index contributed by atoms with van der Waals surface area (Å²) in [5.41, 5.74) is 6.47. The molecule has 0 bridgehead atoms. The van der Waals surface area contributed by atoms with E-state index in [1.807, 2.05) is 12.1 Å². The van der Waals surface area contributed by atoms with Gasteiger partial charge in [-0.2, -0.15) is 0 Å². The van der Waals surface area contributed by atoms with E-state index in [9.17, 15) is 0 Å². The minimum atomic E-state index is -0.141. The summed E-state index contributed by atoms with van der Waals surface area (Å²) in [4.78, 5) is 0. The zero-order valence-corrected chi connectivity index (χ0v) is 12.6. The molecule has 3 aromatic rings. The van der Waals surface area contributed by atoms with Crippen LogP contribution in [0, 0.1) is 0 Å². The van der Waals surface area contributed by atoms with Crippen molar-refractivity contribution in [3.8, 4) is 11.1 Å². The van der Waals surface area contributed by atoms with E-state index in [2.05, 4.69) is 67.6 Å². The van der Waals surface area contributed by atoms with E-state index >= 15 is 0 Å². The maximum absolute atomic E-state index is 6.24. The van der Waals surface area contributed by atoms with Gasteiger partial charge in [0.1, 0.15) is 0 Å². The summed E-state index contributed by atoms with van der Waals surface area (Å²) in [6.45, 7) is 2.29. The Morgan fingerprint density at radius 2 is 1.29 bits per heavy atom. The maximum Gasteiger partial charge on any atom is 0.0436 e. The van der Waals surface area contributed by atoms with Crippen LogP contribution in [0.1, 0.15) is 23.6 Å². The highest BCUT2D eigenvalue weighted by molar-refractivity contribution is 6.30. The van der Waals surface area contributed by atoms with Gasteiger partial charge in [0.05, 0.1) is 0 Å². The lowest BCUT2D eigenvalue weighted by Crippen LogP contribution is -2.22. The molecule has 0 aliphatic heterocycles. The largest absolute Gasteiger partial charge is 0.0843 e. The van der Waals surface area contributed by atoms with Gasteiger partial charge in [0.15, 0.2) is 0 Å². The first-order valence-electron chi connectivity index (χ1n) is 7.17. The molecule has 0 amide bonds. The highest BCUT2D eigenvalue weighted by Crippen LogP contribution is 2.52. The topological polar surface area (TPSA) is 0 Å². The Labute approximate surface area is 130 Å². The van der Waals surface area contributed by atoms with Crippen molar-refractivity contribution >= 4 is 11.6 Å². The second kappa shape index (κ2) is 4.47. The minimum Gasteiger partial charge on any atom is -0.0843 e. The quantitative estimate of drug-likeness (QED) is 0.541. The fourth-order valence-corrected chi connectivity index (χ4v) is 3.75. The summed E-state index contributed by atoms with van der Waals surface area (Å²) in [6.07, 6.45) is 0. The summed E-state index contributed by atoms with van der Waals surface area (Å²) in [5.74, 6) is 0. The van der Waals surface area contributed by atoms with E-state index in [0.717, 1.165) is 5.02 Å². The van der Waals surface area contributed by atoms with Crippen LogP contribution in [0.5, 0.6) is 0 Å². The Bertz CT molecular complexity index is 787. The van der Waals surface area contributed by atoms with E-state index in [4.69, 9.17) is 11.6 Å². The van der Waals surface area contributed by atoms with Gasteiger partial charge < -0.3 is 0 Å². The van der Waals surface area contributed by atoms with Crippen molar-refractivity contribution in [1.29, 1.82) is 0 Å². The molecule has 102 valence electrons. The van der Waals surface area contributed by atoms with Crippen LogP contribution in [0.3, 0.4) is 0 Å². The second-order valence-corrected chi connectivity index (χ2v) is 6.16. The first-order chi connectivity index (χ1) is 10.2. The molecule has 1 aliphatic rings. The Kier molecular flexibility index (Phi) is 2.70. The van der Waals surface area contributed by atoms with Crippen molar-refractivity contribution in [3.63, 3.8) is 0 Å². The first-order valence-corrected chi connectivity index (χ1v) is 7.54. The van der Waals surface area contributed by atoms with Crippen molar-refractivity contribution in [3.05, 3.63) is 94.5 Å². The van der Waals surface area contributed by atoms with Gasteiger partial charge in [0, 0.05) is 10.4 Å². The highest BCUT2D eigenvalue weighted by Gasteiger charge is 2.40. The van der Waals surface area contributed by atoms with E-state index < -0.39 is 0 Å². The molecule has 0 heterocycles. The van der Waals surface area contributed by atoms with E-state index in [0.29, 0.717) is 0 Å². The summed E-state index contributed by atoms with van der Waals surface area (Å²) >= 11 is 6.24. The molecule has 1 heteroatoms. The van der Waals surface area contributed by atoms with Gasteiger partial charge in [-0.15, -0.1) is 0 Å². The number of rotatable bonds is 1. The van der Waals surface area contributed by atoms with Crippen LogP contribution in [0.15, 0.2) is 72.8 Å². The zero-order valence-electron chi connectivity index (χ0n) is 11.8. The average molecular weight is 291 g/mol. The van der Waals surface area contributed by atoms with Crippen molar-refractivity contribution in [2.45, 2.75) is 12.3 Å². The molecule has 0 nitrogen and oxygen atoms in total. The second-order valence-electron chi connectivity index (χ2n) is 5.73. The fraction of sp³-hybridized carbons (Fsp3) is 0.100. The van der Waals surface area contributed by atoms with Gasteiger partial charge in [-0.1, -0.05) is 72.3 Å². The lowest BCUT2D eigenvalue weighted by Gasteiger charge is -2.28. The summed E-state index contributed by atoms with van der Waals surface area (Å²) < 4.78 is 0. The third-order valence-electron chi connectivity index (χ3n) is 4.62. The van der Waals surface area contributed by atoms with Gasteiger partial charge >= 0.3 is 0 Å². The zero-order chi connectivity index (χ0) is 14.4.